The summed E-state index contributed by atoms with van der Waals surface area (Å²) in [6, 6.07) is 22.1. The second-order valence-electron chi connectivity index (χ2n) is 11.4. The number of hydrogen-bond donors (Lipinski definition) is 0. The molecule has 1 aliphatic rings. The number of para-hydroxylation sites is 1. The van der Waals surface area contributed by atoms with Crippen LogP contribution in [0, 0.1) is 16.7 Å². The Hall–Kier alpha value is -2.27. The van der Waals surface area contributed by atoms with Crippen LogP contribution in [0.15, 0.2) is 66.7 Å². The van der Waals surface area contributed by atoms with Crippen molar-refractivity contribution >= 4 is 35.4 Å². The van der Waals surface area contributed by atoms with Gasteiger partial charge in [0.2, 0.25) is 0 Å². The molecule has 1 heterocycles. The van der Waals surface area contributed by atoms with E-state index in [-0.39, 0.29) is 22.7 Å². The number of aryl methyl sites for hydroxylation is 2. The topological polar surface area (TPSA) is 55.6 Å². The van der Waals surface area contributed by atoms with Gasteiger partial charge < -0.3 is 4.90 Å². The number of nitro benzene ring substituents is 1. The van der Waals surface area contributed by atoms with Crippen LogP contribution in [0.4, 0.5) is 11.4 Å². The van der Waals surface area contributed by atoms with Crippen molar-refractivity contribution in [3.63, 3.8) is 0 Å². The Morgan fingerprint density at radius 1 is 1.02 bits per heavy atom. The van der Waals surface area contributed by atoms with Gasteiger partial charge in [-0.05, 0) is 44.2 Å². The maximum atomic E-state index is 10.7. The smallest absolute Gasteiger partial charge is 0.0140 e. The number of nitrogens with zero attached hydrogens (tertiary/aromatic N) is 2. The van der Waals surface area contributed by atoms with Crippen molar-refractivity contribution in [2.75, 3.05) is 4.90 Å². The fourth-order valence-corrected chi connectivity index (χ4v) is 7.33. The van der Waals surface area contributed by atoms with Gasteiger partial charge in [0.25, 0.3) is 0 Å². The van der Waals surface area contributed by atoms with Gasteiger partial charge >= 0.3 is 112 Å². The summed E-state index contributed by atoms with van der Waals surface area (Å²) in [5, 5.41) is 10.7. The zero-order valence-corrected chi connectivity index (χ0v) is 28.2. The average Bonchev–Trinajstić information content (AvgIpc) is 3.18. The van der Waals surface area contributed by atoms with Crippen LogP contribution in [0.5, 0.6) is 5.75 Å². The molecular weight excluding hydrogens is 644 g/mol. The zero-order chi connectivity index (χ0) is 30.4. The van der Waals surface area contributed by atoms with Gasteiger partial charge in [0.05, 0.1) is 0 Å². The summed E-state index contributed by atoms with van der Waals surface area (Å²) in [4.78, 5) is 12.8. The Bertz CT molecular complexity index is 1350. The number of halogens is 2. The quantitative estimate of drug-likeness (QED) is 0.103. The normalized spacial score (nSPS) is 18.0. The van der Waals surface area contributed by atoms with Gasteiger partial charge in [-0.1, -0.05) is 74.9 Å². The zero-order valence-electron chi connectivity index (χ0n) is 24.9. The van der Waals surface area contributed by atoms with E-state index in [1.54, 1.807) is 10.7 Å². The third-order valence-corrected chi connectivity index (χ3v) is 9.09. The monoisotopic (exact) mass is 685 g/mol. The van der Waals surface area contributed by atoms with Crippen LogP contribution in [-0.4, -0.2) is 21.2 Å². The molecule has 1 atom stereocenters. The van der Waals surface area contributed by atoms with Crippen molar-refractivity contribution in [3.8, 4) is 5.75 Å². The molecule has 0 aliphatic carbocycles. The van der Waals surface area contributed by atoms with E-state index in [0.717, 1.165) is 19.3 Å². The number of rotatable bonds is 8. The van der Waals surface area contributed by atoms with Crippen molar-refractivity contribution in [1.82, 2.24) is 0 Å². The average molecular weight is 686 g/mol. The van der Waals surface area contributed by atoms with E-state index in [1.165, 1.54) is 34.5 Å². The standard InChI is InChI=1S/C23H30N.C10H11NO3.2ClH.Ru/c1-6-18-12-11-13-19(7-2)21(18)24-17-23(5,16-22(24,3)4)20-14-9-8-10-15-20;1-7(2)14-10-5-4-9(11(12)13)6-8(10)3;;;/h8-15,17H,6-7,16H2,1-5H3;3-7H,1-2H3;2*1H;/q-1;;;;+2/p-2/t23-;;;;/m1..../s1. The van der Waals surface area contributed by atoms with Crippen LogP contribution in [0.1, 0.15) is 77.1 Å². The van der Waals surface area contributed by atoms with Crippen LogP contribution in [0.25, 0.3) is 0 Å². The van der Waals surface area contributed by atoms with Gasteiger partial charge in [0.15, 0.2) is 0 Å². The second-order valence-corrected chi connectivity index (χ2v) is 17.1. The molecule has 0 bridgehead atoms. The molecule has 41 heavy (non-hydrogen) atoms. The summed E-state index contributed by atoms with van der Waals surface area (Å²) in [7, 11) is 11.6. The van der Waals surface area contributed by atoms with Gasteiger partial charge in [0.1, 0.15) is 0 Å². The fourth-order valence-electron chi connectivity index (χ4n) is 5.55. The maximum absolute atomic E-state index is 10.7. The van der Waals surface area contributed by atoms with Crippen LogP contribution in [0.2, 0.25) is 0 Å². The molecule has 0 unspecified atom stereocenters. The largest absolute Gasteiger partial charge is 0.517 e. The Morgan fingerprint density at radius 3 is 2.15 bits per heavy atom. The van der Waals surface area contributed by atoms with E-state index in [4.69, 9.17) is 24.1 Å². The summed E-state index contributed by atoms with van der Waals surface area (Å²) < 4.78 is 7.17. The van der Waals surface area contributed by atoms with Gasteiger partial charge in [-0.3, -0.25) is 0 Å². The molecule has 0 N–H and O–H groups in total. The first-order valence-electron chi connectivity index (χ1n) is 13.9. The molecule has 224 valence electrons. The molecule has 1 fully saturated rings. The first-order valence-corrected chi connectivity index (χ1v) is 19.4. The molecule has 1 aliphatic heterocycles. The van der Waals surface area contributed by atoms with Gasteiger partial charge in [-0.25, -0.2) is 6.54 Å². The molecule has 0 amide bonds. The summed E-state index contributed by atoms with van der Waals surface area (Å²) in [5.41, 5.74) is 6.52. The van der Waals surface area contributed by atoms with Gasteiger partial charge in [-0.15, -0.1) is 5.41 Å². The molecule has 5 nitrogen and oxygen atoms in total. The number of nitro groups is 1. The molecular formula is C33H41Cl2N2O3Ru-. The maximum Gasteiger partial charge on any atom is 0.0140 e. The Balaban J connectivity index is 0.000000241. The van der Waals surface area contributed by atoms with Crippen LogP contribution in [0.3, 0.4) is 0 Å². The van der Waals surface area contributed by atoms with Crippen LogP contribution < -0.4 is 9.64 Å². The first kappa shape index (κ1) is 33.2. The van der Waals surface area contributed by atoms with Crippen molar-refractivity contribution < 1.29 is 23.2 Å². The van der Waals surface area contributed by atoms with Gasteiger partial charge in [0, 0.05) is 11.2 Å². The first-order chi connectivity index (χ1) is 19.3. The molecule has 3 aromatic carbocycles. The molecule has 0 aromatic heterocycles. The van der Waals surface area contributed by atoms with E-state index in [9.17, 15) is 10.1 Å². The molecule has 4 rings (SSSR count). The predicted molar refractivity (Wildman–Crippen MR) is 170 cm³/mol. The van der Waals surface area contributed by atoms with Crippen molar-refractivity contribution in [2.45, 2.75) is 84.8 Å². The SMILES string of the molecule is CC(C)Oc1ccc([N+](=O)[O-])cc1[CH]=[Ru]([Cl])[Cl].CCc1cccc(CC)c1N1[CH-][C@](C)(c2ccccc2)CC1(C)C. The number of hydrogen-bond acceptors (Lipinski definition) is 4. The summed E-state index contributed by atoms with van der Waals surface area (Å²) >= 11 is -2.05. The third-order valence-electron chi connectivity index (χ3n) is 7.26. The molecule has 0 spiro atoms. The predicted octanol–water partition coefficient (Wildman–Crippen LogP) is 9.38. The van der Waals surface area contributed by atoms with Crippen molar-refractivity contribution in [3.05, 3.63) is 106 Å². The molecule has 0 saturated carbocycles. The molecule has 1 saturated heterocycles. The van der Waals surface area contributed by atoms with Crippen molar-refractivity contribution in [2.24, 2.45) is 0 Å². The summed E-state index contributed by atoms with van der Waals surface area (Å²) in [6.07, 6.45) is 3.26. The van der Waals surface area contributed by atoms with Gasteiger partial charge in [-0.2, -0.15) is 0 Å². The minimum Gasteiger partial charge on any atom is -0.517 e. The third kappa shape index (κ3) is 8.40. The van der Waals surface area contributed by atoms with E-state index < -0.39 is 18.4 Å². The Kier molecular flexibility index (Phi) is 11.6. The summed E-state index contributed by atoms with van der Waals surface area (Å²) in [5.74, 6) is 0.561. The molecule has 8 heteroatoms. The van der Waals surface area contributed by atoms with Crippen molar-refractivity contribution in [1.29, 1.82) is 0 Å². The minimum atomic E-state index is -2.05. The van der Waals surface area contributed by atoms with Crippen LogP contribution >= 0.6 is 19.4 Å². The fraction of sp³-hybridized carbons (Fsp3) is 0.394. The number of non-ortho nitro benzene ring substituents is 1. The number of benzene rings is 3. The second kappa shape index (κ2) is 14.3. The number of anilines is 1. The van der Waals surface area contributed by atoms with E-state index in [1.807, 2.05) is 13.8 Å². The van der Waals surface area contributed by atoms with E-state index in [0.29, 0.717) is 11.3 Å². The number of ether oxygens (including phenoxy) is 1. The van der Waals surface area contributed by atoms with E-state index in [2.05, 4.69) is 94.6 Å². The molecule has 3 aromatic rings. The Labute approximate surface area is 258 Å². The van der Waals surface area contributed by atoms with Crippen LogP contribution in [-0.2, 0) is 31.8 Å². The summed E-state index contributed by atoms with van der Waals surface area (Å²) in [6.45, 7) is 17.9. The molecule has 0 radical (unpaired) electrons. The Morgan fingerprint density at radius 2 is 1.63 bits per heavy atom. The van der Waals surface area contributed by atoms with E-state index >= 15 is 0 Å². The minimum absolute atomic E-state index is 0.00360.